The van der Waals surface area contributed by atoms with Gasteiger partial charge in [0.15, 0.2) is 0 Å². The summed E-state index contributed by atoms with van der Waals surface area (Å²) >= 11 is 0. The standard InChI is InChI=1S/C10H16N4O4S/c1-19(17,18)13-7-3-6-12-9-5-2-4-8(11)10(9)14(15)16/h2,4-5,12-13H,3,6-7,11H2,1H3. The van der Waals surface area contributed by atoms with Crippen LogP contribution in [0.4, 0.5) is 17.1 Å². The maximum atomic E-state index is 10.9. The molecular weight excluding hydrogens is 272 g/mol. The highest BCUT2D eigenvalue weighted by Crippen LogP contribution is 2.30. The normalized spacial score (nSPS) is 11.2. The molecule has 1 aromatic carbocycles. The van der Waals surface area contributed by atoms with Gasteiger partial charge in [-0.3, -0.25) is 10.1 Å². The number of nitrogens with zero attached hydrogens (tertiary/aromatic N) is 1. The van der Waals surface area contributed by atoms with Gasteiger partial charge in [-0.05, 0) is 18.6 Å². The number of hydrogen-bond donors (Lipinski definition) is 3. The van der Waals surface area contributed by atoms with Crippen molar-refractivity contribution in [3.8, 4) is 0 Å². The molecule has 0 aliphatic heterocycles. The lowest BCUT2D eigenvalue weighted by atomic mass is 10.2. The maximum absolute atomic E-state index is 10.9. The van der Waals surface area contributed by atoms with Gasteiger partial charge >= 0.3 is 5.69 Å². The minimum Gasteiger partial charge on any atom is -0.393 e. The average Bonchev–Trinajstić information content (AvgIpc) is 2.26. The largest absolute Gasteiger partial charge is 0.393 e. The Morgan fingerprint density at radius 2 is 2.05 bits per heavy atom. The summed E-state index contributed by atoms with van der Waals surface area (Å²) in [5.74, 6) is 0. The van der Waals surface area contributed by atoms with Crippen LogP contribution in [0.25, 0.3) is 0 Å². The van der Waals surface area contributed by atoms with Crippen LogP contribution in [0.15, 0.2) is 18.2 Å². The first kappa shape index (κ1) is 15.2. The Morgan fingerprint density at radius 1 is 1.37 bits per heavy atom. The van der Waals surface area contributed by atoms with Gasteiger partial charge < -0.3 is 11.1 Å². The summed E-state index contributed by atoms with van der Waals surface area (Å²) in [6, 6.07) is 4.62. The second-order valence-corrected chi connectivity index (χ2v) is 5.78. The van der Waals surface area contributed by atoms with Gasteiger partial charge in [0.1, 0.15) is 11.4 Å². The van der Waals surface area contributed by atoms with Crippen molar-refractivity contribution in [3.05, 3.63) is 28.3 Å². The number of rotatable bonds is 7. The second-order valence-electron chi connectivity index (χ2n) is 3.95. The van der Waals surface area contributed by atoms with Crippen molar-refractivity contribution in [2.75, 3.05) is 30.4 Å². The van der Waals surface area contributed by atoms with E-state index in [1.54, 1.807) is 12.1 Å². The van der Waals surface area contributed by atoms with Gasteiger partial charge in [-0.15, -0.1) is 0 Å². The monoisotopic (exact) mass is 288 g/mol. The van der Waals surface area contributed by atoms with Crippen LogP contribution >= 0.6 is 0 Å². The van der Waals surface area contributed by atoms with E-state index in [1.165, 1.54) is 6.07 Å². The maximum Gasteiger partial charge on any atom is 0.314 e. The highest BCUT2D eigenvalue weighted by molar-refractivity contribution is 7.88. The van der Waals surface area contributed by atoms with Crippen molar-refractivity contribution in [3.63, 3.8) is 0 Å². The fraction of sp³-hybridized carbons (Fsp3) is 0.400. The SMILES string of the molecule is CS(=O)(=O)NCCCNc1cccc(N)c1[N+](=O)[O-]. The van der Waals surface area contributed by atoms with E-state index in [2.05, 4.69) is 10.0 Å². The Bertz CT molecular complexity index is 559. The molecule has 9 heteroatoms. The Kier molecular flexibility index (Phi) is 5.07. The number of benzene rings is 1. The summed E-state index contributed by atoms with van der Waals surface area (Å²) < 4.78 is 24.0. The molecule has 0 aliphatic rings. The average molecular weight is 288 g/mol. The molecule has 1 aromatic rings. The molecule has 0 aromatic heterocycles. The lowest BCUT2D eigenvalue weighted by molar-refractivity contribution is -0.383. The first-order valence-electron chi connectivity index (χ1n) is 5.52. The second kappa shape index (κ2) is 6.34. The molecule has 0 spiro atoms. The number of nitrogen functional groups attached to an aromatic ring is 1. The number of sulfonamides is 1. The summed E-state index contributed by atoms with van der Waals surface area (Å²) in [6.07, 6.45) is 1.57. The van der Waals surface area contributed by atoms with Gasteiger partial charge in [-0.2, -0.15) is 0 Å². The van der Waals surface area contributed by atoms with Gasteiger partial charge in [0.05, 0.1) is 11.2 Å². The van der Waals surface area contributed by atoms with Crippen LogP contribution in [0.1, 0.15) is 6.42 Å². The molecule has 0 saturated heterocycles. The first-order valence-corrected chi connectivity index (χ1v) is 7.42. The third-order valence-corrected chi connectivity index (χ3v) is 3.01. The minimum atomic E-state index is -3.20. The number of hydrogen-bond acceptors (Lipinski definition) is 6. The Morgan fingerprint density at radius 3 is 2.63 bits per heavy atom. The summed E-state index contributed by atoms with van der Waals surface area (Å²) in [4.78, 5) is 10.3. The van der Waals surface area contributed by atoms with E-state index in [9.17, 15) is 18.5 Å². The summed E-state index contributed by atoms with van der Waals surface area (Å²) in [5.41, 5.74) is 5.78. The number of nitrogens with one attached hydrogen (secondary N) is 2. The van der Waals surface area contributed by atoms with Gasteiger partial charge in [-0.25, -0.2) is 13.1 Å². The smallest absolute Gasteiger partial charge is 0.314 e. The minimum absolute atomic E-state index is 0.0873. The van der Waals surface area contributed by atoms with Crippen LogP contribution in [0.2, 0.25) is 0 Å². The lowest BCUT2D eigenvalue weighted by Crippen LogP contribution is -2.24. The predicted octanol–water partition coefficient (Wildman–Crippen LogP) is 0.528. The van der Waals surface area contributed by atoms with Crippen molar-refractivity contribution in [2.45, 2.75) is 6.42 Å². The van der Waals surface area contributed by atoms with E-state index in [0.717, 1.165) is 6.26 Å². The number of nitro groups is 1. The zero-order chi connectivity index (χ0) is 14.5. The zero-order valence-corrected chi connectivity index (χ0v) is 11.2. The van der Waals surface area contributed by atoms with Crippen molar-refractivity contribution in [1.82, 2.24) is 4.72 Å². The van der Waals surface area contributed by atoms with Crippen LogP contribution in [-0.2, 0) is 10.0 Å². The molecule has 0 saturated carbocycles. The molecule has 0 atom stereocenters. The lowest BCUT2D eigenvalue weighted by Gasteiger charge is -2.08. The molecular formula is C10H16N4O4S. The summed E-state index contributed by atoms with van der Waals surface area (Å²) in [5, 5.41) is 13.7. The molecule has 0 bridgehead atoms. The molecule has 8 nitrogen and oxygen atoms in total. The number of anilines is 2. The van der Waals surface area contributed by atoms with Gasteiger partial charge in [-0.1, -0.05) is 6.07 Å². The van der Waals surface area contributed by atoms with Crippen molar-refractivity contribution in [1.29, 1.82) is 0 Å². The summed E-state index contributed by atoms with van der Waals surface area (Å²) in [7, 11) is -3.20. The molecule has 0 amide bonds. The van der Waals surface area contributed by atoms with E-state index < -0.39 is 14.9 Å². The van der Waals surface area contributed by atoms with Crippen molar-refractivity contribution in [2.24, 2.45) is 0 Å². The zero-order valence-electron chi connectivity index (χ0n) is 10.4. The highest BCUT2D eigenvalue weighted by atomic mass is 32.2. The van der Waals surface area contributed by atoms with E-state index in [1.807, 2.05) is 0 Å². The van der Waals surface area contributed by atoms with Crippen LogP contribution in [-0.4, -0.2) is 32.7 Å². The van der Waals surface area contributed by atoms with E-state index in [0.29, 0.717) is 18.7 Å². The molecule has 106 valence electrons. The first-order chi connectivity index (χ1) is 8.81. The van der Waals surface area contributed by atoms with Crippen LogP contribution in [0.3, 0.4) is 0 Å². The summed E-state index contributed by atoms with van der Waals surface area (Å²) in [6.45, 7) is 0.661. The van der Waals surface area contributed by atoms with Crippen LogP contribution < -0.4 is 15.8 Å². The predicted molar refractivity (Wildman–Crippen MR) is 73.5 cm³/mol. The molecule has 0 unspecified atom stereocenters. The van der Waals surface area contributed by atoms with Crippen molar-refractivity contribution < 1.29 is 13.3 Å². The molecule has 0 aliphatic carbocycles. The molecule has 19 heavy (non-hydrogen) atoms. The third-order valence-electron chi connectivity index (χ3n) is 2.28. The van der Waals surface area contributed by atoms with Crippen LogP contribution in [0.5, 0.6) is 0 Å². The van der Waals surface area contributed by atoms with E-state index in [4.69, 9.17) is 5.73 Å². The Labute approximate surface area is 111 Å². The number of para-hydroxylation sites is 1. The molecule has 0 radical (unpaired) electrons. The molecule has 0 fully saturated rings. The Balaban J connectivity index is 2.55. The topological polar surface area (TPSA) is 127 Å². The third kappa shape index (κ3) is 5.10. The van der Waals surface area contributed by atoms with E-state index >= 15 is 0 Å². The van der Waals surface area contributed by atoms with Gasteiger partial charge in [0, 0.05) is 13.1 Å². The van der Waals surface area contributed by atoms with Gasteiger partial charge in [0.2, 0.25) is 10.0 Å². The molecule has 0 heterocycles. The quantitative estimate of drug-likeness (QED) is 0.290. The molecule has 1 rings (SSSR count). The fourth-order valence-corrected chi connectivity index (χ4v) is 1.99. The van der Waals surface area contributed by atoms with Crippen molar-refractivity contribution >= 4 is 27.1 Å². The Hall–Kier alpha value is -1.87. The highest BCUT2D eigenvalue weighted by Gasteiger charge is 2.16. The fourth-order valence-electron chi connectivity index (χ4n) is 1.48. The number of nitrogens with two attached hydrogens (primary N) is 1. The number of nitro benzene ring substituents is 1. The van der Waals surface area contributed by atoms with E-state index in [-0.39, 0.29) is 17.9 Å². The van der Waals surface area contributed by atoms with Crippen LogP contribution in [0, 0.1) is 10.1 Å². The molecule has 4 N–H and O–H groups in total. The van der Waals surface area contributed by atoms with Gasteiger partial charge in [0.25, 0.3) is 0 Å².